The number of hydrogen-bond acceptors (Lipinski definition) is 2. The standard InChI is InChI=1S/C16H21BrN2O2/c1-5-11-15(20)18-14(9(2)3)16(21)19(11)12-8-6-7-10(4)13(12)17/h6-9,11,14H,5H2,1-4H3,(H,18,20). The summed E-state index contributed by atoms with van der Waals surface area (Å²) >= 11 is 3.55. The highest BCUT2D eigenvalue weighted by atomic mass is 79.9. The van der Waals surface area contributed by atoms with Crippen molar-refractivity contribution in [1.29, 1.82) is 0 Å². The maximum absolute atomic E-state index is 12.8. The molecule has 2 amide bonds. The van der Waals surface area contributed by atoms with Gasteiger partial charge in [0.1, 0.15) is 12.1 Å². The van der Waals surface area contributed by atoms with E-state index < -0.39 is 12.1 Å². The largest absolute Gasteiger partial charge is 0.342 e. The van der Waals surface area contributed by atoms with E-state index in [1.165, 1.54) is 0 Å². The van der Waals surface area contributed by atoms with Crippen LogP contribution in [0.3, 0.4) is 0 Å². The molecule has 114 valence electrons. The smallest absolute Gasteiger partial charge is 0.250 e. The minimum atomic E-state index is -0.465. The van der Waals surface area contributed by atoms with E-state index in [0.29, 0.717) is 6.42 Å². The number of carbonyl (C=O) groups excluding carboxylic acids is 2. The fourth-order valence-corrected chi connectivity index (χ4v) is 3.11. The first kappa shape index (κ1) is 16.0. The number of nitrogens with one attached hydrogen (secondary N) is 1. The van der Waals surface area contributed by atoms with Crippen LogP contribution in [0.25, 0.3) is 0 Å². The van der Waals surface area contributed by atoms with Crippen LogP contribution in [-0.2, 0) is 9.59 Å². The van der Waals surface area contributed by atoms with Crippen molar-refractivity contribution < 1.29 is 9.59 Å². The molecule has 0 saturated carbocycles. The molecule has 1 aromatic carbocycles. The molecule has 2 rings (SSSR count). The predicted molar refractivity (Wildman–Crippen MR) is 87.2 cm³/mol. The molecule has 1 aliphatic rings. The second-order valence-electron chi connectivity index (χ2n) is 5.77. The lowest BCUT2D eigenvalue weighted by molar-refractivity contribution is -0.134. The quantitative estimate of drug-likeness (QED) is 0.908. The van der Waals surface area contributed by atoms with Crippen LogP contribution in [0.15, 0.2) is 22.7 Å². The Morgan fingerprint density at radius 1 is 1.33 bits per heavy atom. The van der Waals surface area contributed by atoms with Crippen LogP contribution in [0, 0.1) is 12.8 Å². The first-order chi connectivity index (χ1) is 9.88. The minimum absolute atomic E-state index is 0.0391. The van der Waals surface area contributed by atoms with E-state index in [0.717, 1.165) is 15.7 Å². The van der Waals surface area contributed by atoms with Crippen LogP contribution in [0.5, 0.6) is 0 Å². The van der Waals surface area contributed by atoms with Gasteiger partial charge < -0.3 is 5.32 Å². The SMILES string of the molecule is CCC1C(=O)NC(C(C)C)C(=O)N1c1cccc(C)c1Br. The Morgan fingerprint density at radius 2 is 2.00 bits per heavy atom. The van der Waals surface area contributed by atoms with E-state index >= 15 is 0 Å². The molecule has 21 heavy (non-hydrogen) atoms. The maximum Gasteiger partial charge on any atom is 0.250 e. The van der Waals surface area contributed by atoms with Gasteiger partial charge in [-0.05, 0) is 46.8 Å². The maximum atomic E-state index is 12.8. The summed E-state index contributed by atoms with van der Waals surface area (Å²) in [4.78, 5) is 26.8. The molecular weight excluding hydrogens is 332 g/mol. The van der Waals surface area contributed by atoms with Crippen molar-refractivity contribution in [3.8, 4) is 0 Å². The van der Waals surface area contributed by atoms with Crippen LogP contribution in [0.4, 0.5) is 5.69 Å². The van der Waals surface area contributed by atoms with E-state index in [9.17, 15) is 9.59 Å². The fourth-order valence-electron chi connectivity index (χ4n) is 2.66. The van der Waals surface area contributed by atoms with E-state index in [4.69, 9.17) is 0 Å². The van der Waals surface area contributed by atoms with Gasteiger partial charge in [0, 0.05) is 4.47 Å². The molecule has 0 aliphatic carbocycles. The lowest BCUT2D eigenvalue weighted by Gasteiger charge is -2.40. The van der Waals surface area contributed by atoms with E-state index in [1.54, 1.807) is 4.90 Å². The predicted octanol–water partition coefficient (Wildman–Crippen LogP) is 3.02. The average molecular weight is 353 g/mol. The van der Waals surface area contributed by atoms with Crippen LogP contribution in [0.1, 0.15) is 32.8 Å². The summed E-state index contributed by atoms with van der Waals surface area (Å²) in [5, 5.41) is 2.85. The minimum Gasteiger partial charge on any atom is -0.342 e. The summed E-state index contributed by atoms with van der Waals surface area (Å²) in [7, 11) is 0. The van der Waals surface area contributed by atoms with E-state index in [-0.39, 0.29) is 17.7 Å². The Bertz CT molecular complexity index is 571. The van der Waals surface area contributed by atoms with Gasteiger partial charge in [0.2, 0.25) is 5.91 Å². The van der Waals surface area contributed by atoms with Crippen LogP contribution in [-0.4, -0.2) is 23.9 Å². The third-order valence-corrected chi connectivity index (χ3v) is 4.93. The summed E-state index contributed by atoms with van der Waals surface area (Å²) < 4.78 is 0.869. The average Bonchev–Trinajstić information content (AvgIpc) is 2.43. The molecular formula is C16H21BrN2O2. The third kappa shape index (κ3) is 2.84. The van der Waals surface area contributed by atoms with Crippen molar-refractivity contribution in [1.82, 2.24) is 5.32 Å². The molecule has 1 N–H and O–H groups in total. The van der Waals surface area contributed by atoms with Gasteiger partial charge in [-0.2, -0.15) is 0 Å². The Balaban J connectivity index is 2.52. The lowest BCUT2D eigenvalue weighted by atomic mass is 9.96. The molecule has 1 aromatic rings. The molecule has 0 radical (unpaired) electrons. The molecule has 2 unspecified atom stereocenters. The molecule has 0 spiro atoms. The van der Waals surface area contributed by atoms with Gasteiger partial charge in [-0.15, -0.1) is 0 Å². The van der Waals surface area contributed by atoms with Gasteiger partial charge in [-0.1, -0.05) is 32.9 Å². The highest BCUT2D eigenvalue weighted by Gasteiger charge is 2.42. The number of rotatable bonds is 3. The Hall–Kier alpha value is -1.36. The molecule has 1 heterocycles. The van der Waals surface area contributed by atoms with Gasteiger partial charge in [0.25, 0.3) is 5.91 Å². The monoisotopic (exact) mass is 352 g/mol. The van der Waals surface area contributed by atoms with Crippen molar-refractivity contribution in [3.63, 3.8) is 0 Å². The summed E-state index contributed by atoms with van der Waals surface area (Å²) in [5.74, 6) is -0.0581. The van der Waals surface area contributed by atoms with E-state index in [1.807, 2.05) is 45.9 Å². The number of piperazine rings is 1. The number of carbonyl (C=O) groups is 2. The first-order valence-electron chi connectivity index (χ1n) is 7.27. The van der Waals surface area contributed by atoms with Gasteiger partial charge >= 0.3 is 0 Å². The van der Waals surface area contributed by atoms with E-state index in [2.05, 4.69) is 21.2 Å². The molecule has 1 fully saturated rings. The Labute approximate surface area is 134 Å². The summed E-state index contributed by atoms with van der Waals surface area (Å²) in [5.41, 5.74) is 1.81. The molecule has 1 saturated heterocycles. The lowest BCUT2D eigenvalue weighted by Crippen LogP contribution is -2.65. The molecule has 0 bridgehead atoms. The second kappa shape index (κ2) is 6.18. The topological polar surface area (TPSA) is 49.4 Å². The number of nitrogens with zero attached hydrogens (tertiary/aromatic N) is 1. The van der Waals surface area contributed by atoms with Crippen molar-refractivity contribution >= 4 is 33.4 Å². The summed E-state index contributed by atoms with van der Waals surface area (Å²) in [6.07, 6.45) is 0.586. The van der Waals surface area contributed by atoms with Crippen molar-refractivity contribution in [2.45, 2.75) is 46.2 Å². The zero-order valence-electron chi connectivity index (χ0n) is 12.8. The number of hydrogen-bond donors (Lipinski definition) is 1. The van der Waals surface area contributed by atoms with Crippen molar-refractivity contribution in [2.75, 3.05) is 4.90 Å². The zero-order chi connectivity index (χ0) is 15.7. The van der Waals surface area contributed by atoms with Gasteiger partial charge in [0.15, 0.2) is 0 Å². The number of halogens is 1. The fraction of sp³-hybridized carbons (Fsp3) is 0.500. The molecule has 2 atom stereocenters. The second-order valence-corrected chi connectivity index (χ2v) is 6.56. The highest BCUT2D eigenvalue weighted by molar-refractivity contribution is 9.10. The van der Waals surface area contributed by atoms with Gasteiger partial charge in [-0.25, -0.2) is 0 Å². The third-order valence-electron chi connectivity index (χ3n) is 3.90. The number of anilines is 1. The summed E-state index contributed by atoms with van der Waals surface area (Å²) in [6.45, 7) is 7.78. The number of amides is 2. The van der Waals surface area contributed by atoms with Crippen molar-refractivity contribution in [2.24, 2.45) is 5.92 Å². The highest BCUT2D eigenvalue weighted by Crippen LogP contribution is 2.33. The van der Waals surface area contributed by atoms with Crippen LogP contribution >= 0.6 is 15.9 Å². The zero-order valence-corrected chi connectivity index (χ0v) is 14.4. The number of aryl methyl sites for hydroxylation is 1. The molecule has 1 aliphatic heterocycles. The molecule has 4 nitrogen and oxygen atoms in total. The Morgan fingerprint density at radius 3 is 2.57 bits per heavy atom. The summed E-state index contributed by atoms with van der Waals surface area (Å²) in [6, 6.07) is 4.85. The molecule has 5 heteroatoms. The molecule has 0 aromatic heterocycles. The van der Waals surface area contributed by atoms with Gasteiger partial charge in [0.05, 0.1) is 5.69 Å². The van der Waals surface area contributed by atoms with Crippen LogP contribution < -0.4 is 10.2 Å². The first-order valence-corrected chi connectivity index (χ1v) is 8.06. The normalized spacial score (nSPS) is 22.7. The van der Waals surface area contributed by atoms with Gasteiger partial charge in [-0.3, -0.25) is 14.5 Å². The van der Waals surface area contributed by atoms with Crippen molar-refractivity contribution in [3.05, 3.63) is 28.2 Å². The van der Waals surface area contributed by atoms with Crippen LogP contribution in [0.2, 0.25) is 0 Å². The Kier molecular flexibility index (Phi) is 4.71. The number of benzene rings is 1.